The van der Waals surface area contributed by atoms with Crippen LogP contribution in [0.5, 0.6) is 5.75 Å². The molecule has 4 atom stereocenters. The summed E-state index contributed by atoms with van der Waals surface area (Å²) in [5, 5.41) is 9.25. The van der Waals surface area contributed by atoms with Gasteiger partial charge in [0, 0.05) is 40.7 Å². The molecule has 0 spiro atoms. The van der Waals surface area contributed by atoms with Crippen molar-refractivity contribution in [1.29, 1.82) is 5.26 Å². The molecule has 2 aliphatic rings. The number of carbonyl (C=O) groups excluding carboxylic acids is 2. The first-order valence-corrected chi connectivity index (χ1v) is 10.7. The average Bonchev–Trinajstić information content (AvgIpc) is 2.77. The van der Waals surface area contributed by atoms with E-state index in [1.165, 1.54) is 4.90 Å². The van der Waals surface area contributed by atoms with E-state index in [9.17, 15) is 14.9 Å². The summed E-state index contributed by atoms with van der Waals surface area (Å²) in [6, 6.07) is 6.90. The van der Waals surface area contributed by atoms with Gasteiger partial charge in [0.15, 0.2) is 0 Å². The van der Waals surface area contributed by atoms with E-state index >= 15 is 0 Å². The number of likely N-dealkylation sites (N-methyl/N-ethyl adjacent to an activating group) is 1. The quantitative estimate of drug-likeness (QED) is 0.679. The smallest absolute Gasteiger partial charge is 0.257 e. The summed E-state index contributed by atoms with van der Waals surface area (Å²) in [7, 11) is 5.09. The van der Waals surface area contributed by atoms with Crippen molar-refractivity contribution in [2.75, 3.05) is 40.9 Å². The number of nitriles is 1. The van der Waals surface area contributed by atoms with Gasteiger partial charge in [0.1, 0.15) is 11.9 Å². The molecule has 1 fully saturated rings. The number of fused-ring (bicyclic) bond motifs is 3. The molecular formula is C23H31N3O5. The van der Waals surface area contributed by atoms with E-state index in [4.69, 9.17) is 14.2 Å². The summed E-state index contributed by atoms with van der Waals surface area (Å²) in [6.45, 7) is 2.88. The van der Waals surface area contributed by atoms with Gasteiger partial charge in [-0.3, -0.25) is 9.59 Å². The van der Waals surface area contributed by atoms with E-state index in [1.807, 2.05) is 6.92 Å². The van der Waals surface area contributed by atoms with Crippen molar-refractivity contribution in [1.82, 2.24) is 9.80 Å². The lowest BCUT2D eigenvalue weighted by atomic mass is 9.98. The van der Waals surface area contributed by atoms with Crippen molar-refractivity contribution in [3.8, 4) is 11.8 Å². The summed E-state index contributed by atoms with van der Waals surface area (Å²) in [5.74, 6) is -0.298. The lowest BCUT2D eigenvalue weighted by molar-refractivity contribution is -0.152. The molecule has 0 aromatic heterocycles. The van der Waals surface area contributed by atoms with Gasteiger partial charge >= 0.3 is 0 Å². The topological polar surface area (TPSA) is 92.1 Å². The van der Waals surface area contributed by atoms with Gasteiger partial charge in [-0.05, 0) is 31.0 Å². The minimum absolute atomic E-state index is 0.0114. The first-order chi connectivity index (χ1) is 14.8. The predicted molar refractivity (Wildman–Crippen MR) is 114 cm³/mol. The molecule has 2 bridgehead atoms. The predicted octanol–water partition coefficient (Wildman–Crippen LogP) is 2.07. The van der Waals surface area contributed by atoms with Crippen LogP contribution in [0.3, 0.4) is 0 Å². The lowest BCUT2D eigenvalue weighted by Crippen LogP contribution is -2.49. The van der Waals surface area contributed by atoms with Crippen LogP contribution in [0.4, 0.5) is 0 Å². The zero-order valence-electron chi connectivity index (χ0n) is 18.7. The molecule has 1 aromatic rings. The fourth-order valence-corrected chi connectivity index (χ4v) is 4.29. The Balaban J connectivity index is 1.90. The monoisotopic (exact) mass is 429 g/mol. The molecule has 0 unspecified atom stereocenters. The van der Waals surface area contributed by atoms with Gasteiger partial charge in [0.25, 0.3) is 5.91 Å². The molecule has 1 saturated heterocycles. The average molecular weight is 430 g/mol. The molecule has 0 N–H and O–H groups in total. The Morgan fingerprint density at radius 3 is 2.61 bits per heavy atom. The molecule has 1 aromatic carbocycles. The van der Waals surface area contributed by atoms with Crippen molar-refractivity contribution in [3.63, 3.8) is 0 Å². The van der Waals surface area contributed by atoms with Gasteiger partial charge in [-0.1, -0.05) is 6.92 Å². The molecule has 0 aliphatic carbocycles. The number of hydrogen-bond donors (Lipinski definition) is 0. The number of ether oxygens (including phenoxy) is 3. The summed E-state index contributed by atoms with van der Waals surface area (Å²) in [5.41, 5.74) is 0.709. The summed E-state index contributed by atoms with van der Waals surface area (Å²) < 4.78 is 17.8. The van der Waals surface area contributed by atoms with Gasteiger partial charge in [0.2, 0.25) is 5.91 Å². The van der Waals surface area contributed by atoms with Crippen molar-refractivity contribution < 1.29 is 23.8 Å². The Labute approximate surface area is 183 Å². The zero-order valence-corrected chi connectivity index (χ0v) is 18.7. The van der Waals surface area contributed by atoms with Crippen LogP contribution >= 0.6 is 0 Å². The third-order valence-electron chi connectivity index (χ3n) is 6.04. The number of carbonyl (C=O) groups is 2. The van der Waals surface area contributed by atoms with Crippen LogP contribution in [0.1, 0.15) is 42.1 Å². The minimum Gasteiger partial charge on any atom is -0.493 e. The van der Waals surface area contributed by atoms with Crippen molar-refractivity contribution in [2.24, 2.45) is 5.92 Å². The molecule has 2 heterocycles. The molecule has 3 rings (SSSR count). The highest BCUT2D eigenvalue weighted by molar-refractivity contribution is 5.97. The second-order valence-corrected chi connectivity index (χ2v) is 8.41. The van der Waals surface area contributed by atoms with Crippen LogP contribution in [-0.2, 0) is 14.3 Å². The first kappa shape index (κ1) is 23.0. The number of rotatable bonds is 1. The Morgan fingerprint density at radius 1 is 1.13 bits per heavy atom. The molecule has 31 heavy (non-hydrogen) atoms. The van der Waals surface area contributed by atoms with Crippen LogP contribution in [0.25, 0.3) is 0 Å². The summed E-state index contributed by atoms with van der Waals surface area (Å²) in [6.07, 6.45) is 2.07. The molecule has 2 aliphatic heterocycles. The van der Waals surface area contributed by atoms with Crippen molar-refractivity contribution in [2.45, 2.75) is 44.5 Å². The molecule has 168 valence electrons. The number of nitrogens with zero attached hydrogens (tertiary/aromatic N) is 3. The van der Waals surface area contributed by atoms with E-state index in [0.29, 0.717) is 36.4 Å². The number of methoxy groups -OCH3 is 1. The number of benzene rings is 1. The molecule has 8 nitrogen and oxygen atoms in total. The maximum absolute atomic E-state index is 13.1. The summed E-state index contributed by atoms with van der Waals surface area (Å²) >= 11 is 0. The van der Waals surface area contributed by atoms with E-state index in [2.05, 4.69) is 6.07 Å². The number of hydrogen-bond acceptors (Lipinski definition) is 6. The van der Waals surface area contributed by atoms with Crippen LogP contribution in [0.2, 0.25) is 0 Å². The SMILES string of the molecule is CO[C@H]1CC[C@@H]2CCOc3ccc(C#N)cc3C(=O)N(C)C[C@@H](C)C(=O)N(C)C[C@@H]1O2. The fourth-order valence-electron chi connectivity index (χ4n) is 4.29. The van der Waals surface area contributed by atoms with Gasteiger partial charge in [-0.15, -0.1) is 0 Å². The van der Waals surface area contributed by atoms with E-state index in [-0.39, 0.29) is 36.7 Å². The Bertz CT molecular complexity index is 852. The third-order valence-corrected chi connectivity index (χ3v) is 6.04. The molecule has 0 saturated carbocycles. The highest BCUT2D eigenvalue weighted by Crippen LogP contribution is 2.27. The highest BCUT2D eigenvalue weighted by atomic mass is 16.5. The molecule has 0 radical (unpaired) electrons. The Kier molecular flexibility index (Phi) is 7.52. The Hall–Kier alpha value is -2.63. The van der Waals surface area contributed by atoms with Crippen LogP contribution in [-0.4, -0.2) is 80.8 Å². The van der Waals surface area contributed by atoms with Crippen molar-refractivity contribution in [3.05, 3.63) is 29.3 Å². The highest BCUT2D eigenvalue weighted by Gasteiger charge is 2.34. The third kappa shape index (κ3) is 5.35. The maximum Gasteiger partial charge on any atom is 0.257 e. The molecule has 2 amide bonds. The Morgan fingerprint density at radius 2 is 1.90 bits per heavy atom. The standard InChI is InChI=1S/C23H31N3O5/c1-15-13-25(2)23(28)18-11-16(12-24)5-7-19(18)30-10-9-17-6-8-20(29-4)21(31-17)14-26(3)22(15)27/h5,7,11,15,17,20-21H,6,8-10,13-14H2,1-4H3/t15-,17-,20+,21+/m1/s1. The second-order valence-electron chi connectivity index (χ2n) is 8.41. The lowest BCUT2D eigenvalue weighted by Gasteiger charge is -2.38. The molecule has 8 heteroatoms. The fraction of sp³-hybridized carbons (Fsp3) is 0.609. The van der Waals surface area contributed by atoms with Crippen LogP contribution in [0.15, 0.2) is 18.2 Å². The normalized spacial score (nSPS) is 28.1. The maximum atomic E-state index is 13.1. The van der Waals surface area contributed by atoms with Crippen molar-refractivity contribution >= 4 is 11.8 Å². The van der Waals surface area contributed by atoms with Gasteiger partial charge < -0.3 is 24.0 Å². The summed E-state index contributed by atoms with van der Waals surface area (Å²) in [4.78, 5) is 29.2. The van der Waals surface area contributed by atoms with Crippen LogP contribution in [0, 0.1) is 17.2 Å². The van der Waals surface area contributed by atoms with E-state index < -0.39 is 5.92 Å². The second kappa shape index (κ2) is 10.1. The van der Waals surface area contributed by atoms with Gasteiger partial charge in [0.05, 0.1) is 41.9 Å². The van der Waals surface area contributed by atoms with E-state index in [0.717, 1.165) is 12.8 Å². The van der Waals surface area contributed by atoms with Gasteiger partial charge in [-0.25, -0.2) is 0 Å². The molecular weight excluding hydrogens is 398 g/mol. The first-order valence-electron chi connectivity index (χ1n) is 10.7. The zero-order chi connectivity index (χ0) is 22.5. The van der Waals surface area contributed by atoms with Crippen LogP contribution < -0.4 is 4.74 Å². The van der Waals surface area contributed by atoms with E-state index in [1.54, 1.807) is 44.3 Å². The minimum atomic E-state index is -0.395. The number of amides is 2. The van der Waals surface area contributed by atoms with Gasteiger partial charge in [-0.2, -0.15) is 5.26 Å². The largest absolute Gasteiger partial charge is 0.493 e.